The summed E-state index contributed by atoms with van der Waals surface area (Å²) in [6.45, 7) is 4.45. The number of amides is 1. The highest BCUT2D eigenvalue weighted by atomic mass is 35.7. The maximum Gasteiger partial charge on any atom is 0.264 e. The number of hydrogen-bond acceptors (Lipinski definition) is 3. The van der Waals surface area contributed by atoms with Gasteiger partial charge in [-0.15, -0.1) is 0 Å². The van der Waals surface area contributed by atoms with Crippen LogP contribution in [0.4, 0.5) is 4.39 Å². The Labute approximate surface area is 133 Å². The number of halogens is 3. The molecule has 0 spiro atoms. The molecule has 4 nitrogen and oxygen atoms in total. The number of hydrogen-bond donors (Lipinski definition) is 0. The van der Waals surface area contributed by atoms with Crippen LogP contribution in [0.5, 0.6) is 0 Å². The third-order valence-electron chi connectivity index (χ3n) is 3.14. The molecular formula is C13H16Cl2FNO3S. The number of benzene rings is 1. The van der Waals surface area contributed by atoms with Crippen molar-refractivity contribution >= 4 is 37.2 Å². The van der Waals surface area contributed by atoms with E-state index >= 15 is 0 Å². The largest absolute Gasteiger partial charge is 0.341 e. The minimum atomic E-state index is -4.29. The summed E-state index contributed by atoms with van der Waals surface area (Å²) < 4.78 is 36.2. The number of nitrogens with zero attached hydrogens (tertiary/aromatic N) is 1. The van der Waals surface area contributed by atoms with Gasteiger partial charge in [0.25, 0.3) is 15.0 Å². The maximum atomic E-state index is 13.6. The maximum absolute atomic E-state index is 13.6. The Balaban J connectivity index is 3.22. The first-order valence-electron chi connectivity index (χ1n) is 6.27. The van der Waals surface area contributed by atoms with Crippen LogP contribution in [0.2, 0.25) is 5.02 Å². The van der Waals surface area contributed by atoms with Crippen molar-refractivity contribution in [2.45, 2.75) is 25.2 Å². The van der Waals surface area contributed by atoms with Gasteiger partial charge in [-0.05, 0) is 18.1 Å². The van der Waals surface area contributed by atoms with Gasteiger partial charge in [0.2, 0.25) is 0 Å². The summed E-state index contributed by atoms with van der Waals surface area (Å²) in [6, 6.07) is 1.65. The summed E-state index contributed by atoms with van der Waals surface area (Å²) in [5, 5.41) is -0.155. The molecular weight excluding hydrogens is 340 g/mol. The van der Waals surface area contributed by atoms with Gasteiger partial charge < -0.3 is 4.90 Å². The number of rotatable bonds is 5. The zero-order valence-electron chi connectivity index (χ0n) is 11.9. The van der Waals surface area contributed by atoms with E-state index in [1.165, 1.54) is 4.90 Å². The van der Waals surface area contributed by atoms with Crippen LogP contribution in [0.3, 0.4) is 0 Å². The van der Waals surface area contributed by atoms with E-state index < -0.39 is 25.7 Å². The molecule has 1 aromatic carbocycles. The molecule has 0 saturated heterocycles. The van der Waals surface area contributed by atoms with Crippen molar-refractivity contribution in [3.05, 3.63) is 28.5 Å². The van der Waals surface area contributed by atoms with E-state index in [0.29, 0.717) is 6.54 Å². The Kier molecular flexibility index (Phi) is 6.01. The monoisotopic (exact) mass is 355 g/mol. The van der Waals surface area contributed by atoms with E-state index in [-0.39, 0.29) is 16.5 Å². The van der Waals surface area contributed by atoms with Gasteiger partial charge in [0.15, 0.2) is 0 Å². The molecule has 0 saturated carbocycles. The Morgan fingerprint density at radius 2 is 2.00 bits per heavy atom. The highest BCUT2D eigenvalue weighted by Crippen LogP contribution is 2.27. The quantitative estimate of drug-likeness (QED) is 0.759. The van der Waals surface area contributed by atoms with Crippen molar-refractivity contribution in [1.82, 2.24) is 4.90 Å². The van der Waals surface area contributed by atoms with Crippen LogP contribution >= 0.6 is 22.3 Å². The van der Waals surface area contributed by atoms with Crippen molar-refractivity contribution < 1.29 is 17.6 Å². The fourth-order valence-electron chi connectivity index (χ4n) is 1.77. The fourth-order valence-corrected chi connectivity index (χ4v) is 2.90. The van der Waals surface area contributed by atoms with Crippen LogP contribution in [0.15, 0.2) is 17.0 Å². The highest BCUT2D eigenvalue weighted by molar-refractivity contribution is 8.13. The summed E-state index contributed by atoms with van der Waals surface area (Å²) in [4.78, 5) is 12.9. The Morgan fingerprint density at radius 3 is 2.48 bits per heavy atom. The normalized spacial score (nSPS) is 13.0. The van der Waals surface area contributed by atoms with Gasteiger partial charge in [-0.25, -0.2) is 12.8 Å². The average molecular weight is 356 g/mol. The zero-order chi connectivity index (χ0) is 16.4. The minimum Gasteiger partial charge on any atom is -0.341 e. The van der Waals surface area contributed by atoms with Crippen LogP contribution in [0.1, 0.15) is 30.6 Å². The molecule has 1 rings (SSSR count). The predicted octanol–water partition coefficient (Wildman–Crippen LogP) is 3.52. The Morgan fingerprint density at radius 1 is 1.43 bits per heavy atom. The fraction of sp³-hybridized carbons (Fsp3) is 0.462. The first kappa shape index (κ1) is 18.2. The van der Waals surface area contributed by atoms with Crippen molar-refractivity contribution in [2.75, 3.05) is 13.6 Å². The van der Waals surface area contributed by atoms with Gasteiger partial charge in [0.1, 0.15) is 10.7 Å². The van der Waals surface area contributed by atoms with Crippen molar-refractivity contribution in [2.24, 2.45) is 5.92 Å². The third kappa shape index (κ3) is 4.56. The lowest BCUT2D eigenvalue weighted by Gasteiger charge is -2.21. The molecule has 0 aliphatic heterocycles. The molecule has 0 bridgehead atoms. The van der Waals surface area contributed by atoms with Crippen LogP contribution in [-0.2, 0) is 9.05 Å². The topological polar surface area (TPSA) is 54.5 Å². The first-order valence-corrected chi connectivity index (χ1v) is 8.95. The molecule has 1 unspecified atom stereocenters. The molecule has 0 aromatic heterocycles. The molecule has 0 aliphatic carbocycles. The van der Waals surface area contributed by atoms with Gasteiger partial charge in [-0.3, -0.25) is 4.79 Å². The van der Waals surface area contributed by atoms with Crippen LogP contribution in [0.25, 0.3) is 0 Å². The zero-order valence-corrected chi connectivity index (χ0v) is 14.2. The van der Waals surface area contributed by atoms with Gasteiger partial charge in [-0.1, -0.05) is 31.9 Å². The van der Waals surface area contributed by atoms with E-state index in [2.05, 4.69) is 0 Å². The number of carbonyl (C=O) groups excluding carboxylic acids is 1. The molecule has 118 valence electrons. The van der Waals surface area contributed by atoms with Crippen LogP contribution in [0, 0.1) is 11.7 Å². The summed E-state index contributed by atoms with van der Waals surface area (Å²) in [5.74, 6) is -1.30. The third-order valence-corrected chi connectivity index (χ3v) is 4.79. The van der Waals surface area contributed by atoms with Crippen molar-refractivity contribution in [3.63, 3.8) is 0 Å². The lowest BCUT2D eigenvalue weighted by molar-refractivity contribution is 0.0775. The van der Waals surface area contributed by atoms with Crippen molar-refractivity contribution in [3.8, 4) is 0 Å². The summed E-state index contributed by atoms with van der Waals surface area (Å²) >= 11 is 5.84. The number of carbonyl (C=O) groups is 1. The molecule has 0 radical (unpaired) electrons. The lowest BCUT2D eigenvalue weighted by Crippen LogP contribution is -2.31. The molecule has 1 amide bonds. The van der Waals surface area contributed by atoms with E-state index in [1.54, 1.807) is 7.05 Å². The summed E-state index contributed by atoms with van der Waals surface area (Å²) in [5.41, 5.74) is -0.0944. The second-order valence-electron chi connectivity index (χ2n) is 4.90. The molecule has 0 N–H and O–H groups in total. The second-order valence-corrected chi connectivity index (χ2v) is 7.84. The highest BCUT2D eigenvalue weighted by Gasteiger charge is 2.23. The molecule has 1 aromatic rings. The molecule has 8 heteroatoms. The van der Waals surface area contributed by atoms with Gasteiger partial charge in [0, 0.05) is 24.3 Å². The molecule has 0 fully saturated rings. The summed E-state index contributed by atoms with van der Waals surface area (Å²) in [7, 11) is 2.42. The Bertz CT molecular complexity index is 649. The lowest BCUT2D eigenvalue weighted by atomic mass is 10.1. The molecule has 1 atom stereocenters. The SMILES string of the molecule is CCC(C)CN(C)C(=O)c1cc(S(=O)(=O)Cl)c(F)cc1Cl. The van der Waals surface area contributed by atoms with Crippen LogP contribution in [-0.4, -0.2) is 32.8 Å². The van der Waals surface area contributed by atoms with Crippen LogP contribution < -0.4 is 0 Å². The summed E-state index contributed by atoms with van der Waals surface area (Å²) in [6.07, 6.45) is 0.885. The van der Waals surface area contributed by atoms with Crippen molar-refractivity contribution in [1.29, 1.82) is 0 Å². The standard InChI is InChI=1S/C13H16Cl2FNO3S/c1-4-8(2)7-17(3)13(18)9-5-12(21(15,19)20)11(16)6-10(9)14/h5-6,8H,4,7H2,1-3H3. The minimum absolute atomic E-state index is 0.0944. The Hall–Kier alpha value is -0.850. The molecule has 0 aliphatic rings. The molecule has 21 heavy (non-hydrogen) atoms. The van der Waals surface area contributed by atoms with Gasteiger partial charge >= 0.3 is 0 Å². The average Bonchev–Trinajstić information content (AvgIpc) is 2.36. The van der Waals surface area contributed by atoms with E-state index in [9.17, 15) is 17.6 Å². The first-order chi connectivity index (χ1) is 9.57. The predicted molar refractivity (Wildman–Crippen MR) is 80.9 cm³/mol. The van der Waals surface area contributed by atoms with E-state index in [0.717, 1.165) is 18.6 Å². The molecule has 0 heterocycles. The van der Waals surface area contributed by atoms with Gasteiger partial charge in [0.05, 0.1) is 10.6 Å². The smallest absolute Gasteiger partial charge is 0.264 e. The second kappa shape index (κ2) is 6.94. The van der Waals surface area contributed by atoms with Gasteiger partial charge in [-0.2, -0.15) is 0 Å². The van der Waals surface area contributed by atoms with E-state index in [4.69, 9.17) is 22.3 Å². The van der Waals surface area contributed by atoms with E-state index in [1.807, 2.05) is 13.8 Å².